The van der Waals surface area contributed by atoms with Crippen molar-refractivity contribution in [2.75, 3.05) is 0 Å². The lowest BCUT2D eigenvalue weighted by Crippen LogP contribution is -2.19. The Bertz CT molecular complexity index is 649. The normalized spacial score (nSPS) is 14.5. The minimum atomic E-state index is 0.152. The van der Waals surface area contributed by atoms with E-state index in [-0.39, 0.29) is 5.84 Å². The predicted molar refractivity (Wildman–Crippen MR) is 77.1 cm³/mol. The first-order valence-electron chi connectivity index (χ1n) is 6.13. The first-order chi connectivity index (χ1) is 8.68. The molecule has 4 heteroatoms. The van der Waals surface area contributed by atoms with Gasteiger partial charge in [0.15, 0.2) is 0 Å². The average molecular weight is 304 g/mol. The Morgan fingerprint density at radius 3 is 2.83 bits per heavy atom. The molecule has 0 saturated carbocycles. The number of rotatable bonds is 1. The highest BCUT2D eigenvalue weighted by molar-refractivity contribution is 9.10. The molecule has 0 radical (unpaired) electrons. The van der Waals surface area contributed by atoms with E-state index in [4.69, 9.17) is 16.1 Å². The fourth-order valence-electron chi connectivity index (χ4n) is 2.72. The van der Waals surface area contributed by atoms with Gasteiger partial charge in [-0.1, -0.05) is 12.1 Å². The van der Waals surface area contributed by atoms with Crippen molar-refractivity contribution in [1.82, 2.24) is 4.98 Å². The molecule has 3 nitrogen and oxygen atoms in total. The molecule has 92 valence electrons. The first-order valence-corrected chi connectivity index (χ1v) is 6.92. The number of aryl methyl sites for hydroxylation is 1. The second-order valence-electron chi connectivity index (χ2n) is 4.67. The molecule has 0 bridgehead atoms. The Labute approximate surface area is 114 Å². The number of aromatic nitrogens is 1. The summed E-state index contributed by atoms with van der Waals surface area (Å²) in [7, 11) is 0. The van der Waals surface area contributed by atoms with Gasteiger partial charge in [0.05, 0.1) is 5.52 Å². The fraction of sp³-hybridized carbons (Fsp3) is 0.286. The molecular formula is C14H14BrN3. The highest BCUT2D eigenvalue weighted by Gasteiger charge is 2.20. The molecule has 2 aromatic rings. The molecule has 18 heavy (non-hydrogen) atoms. The molecule has 0 saturated heterocycles. The van der Waals surface area contributed by atoms with E-state index >= 15 is 0 Å². The van der Waals surface area contributed by atoms with Gasteiger partial charge in [0.25, 0.3) is 0 Å². The summed E-state index contributed by atoms with van der Waals surface area (Å²) in [6, 6.07) is 5.95. The third kappa shape index (κ3) is 1.72. The van der Waals surface area contributed by atoms with Crippen LogP contribution < -0.4 is 5.73 Å². The predicted octanol–water partition coefficient (Wildman–Crippen LogP) is 3.16. The van der Waals surface area contributed by atoms with Crippen LogP contribution in [0.2, 0.25) is 0 Å². The largest absolute Gasteiger partial charge is 0.384 e. The summed E-state index contributed by atoms with van der Waals surface area (Å²) in [6.45, 7) is 0. The van der Waals surface area contributed by atoms with Crippen LogP contribution in [0.5, 0.6) is 0 Å². The van der Waals surface area contributed by atoms with Crippen molar-refractivity contribution in [3.05, 3.63) is 39.5 Å². The van der Waals surface area contributed by atoms with Crippen molar-refractivity contribution >= 4 is 32.7 Å². The van der Waals surface area contributed by atoms with Gasteiger partial charge in [-0.25, -0.2) is 0 Å². The maximum absolute atomic E-state index is 7.86. The van der Waals surface area contributed by atoms with Crippen LogP contribution in [0.4, 0.5) is 0 Å². The number of para-hydroxylation sites is 1. The standard InChI is InChI=1S/C14H14BrN3/c15-10-6-3-5-9-12(14(16)17)8-4-1-2-7-11(8)18-13(9)10/h3,5-6H,1-2,4,7H2,(H3,16,17). The third-order valence-corrected chi connectivity index (χ3v) is 4.15. The van der Waals surface area contributed by atoms with Crippen LogP contribution in [-0.4, -0.2) is 10.8 Å². The summed E-state index contributed by atoms with van der Waals surface area (Å²) in [6.07, 6.45) is 4.31. The highest BCUT2D eigenvalue weighted by atomic mass is 79.9. The number of nitrogens with zero attached hydrogens (tertiary/aromatic N) is 1. The number of amidine groups is 1. The van der Waals surface area contributed by atoms with Gasteiger partial charge in [0.2, 0.25) is 0 Å². The van der Waals surface area contributed by atoms with Crippen molar-refractivity contribution < 1.29 is 0 Å². The highest BCUT2D eigenvalue weighted by Crippen LogP contribution is 2.31. The third-order valence-electron chi connectivity index (χ3n) is 3.51. The lowest BCUT2D eigenvalue weighted by atomic mass is 9.89. The molecule has 1 aromatic heterocycles. The van der Waals surface area contributed by atoms with Crippen LogP contribution in [0, 0.1) is 5.41 Å². The molecule has 1 aliphatic carbocycles. The van der Waals surface area contributed by atoms with Crippen molar-refractivity contribution in [3.8, 4) is 0 Å². The minimum Gasteiger partial charge on any atom is -0.384 e. The second-order valence-corrected chi connectivity index (χ2v) is 5.52. The Morgan fingerprint density at radius 2 is 2.06 bits per heavy atom. The molecule has 3 N–H and O–H groups in total. The number of benzene rings is 1. The Balaban J connectivity index is 2.44. The van der Waals surface area contributed by atoms with Gasteiger partial charge in [-0.2, -0.15) is 0 Å². The fourth-order valence-corrected chi connectivity index (χ4v) is 3.17. The quantitative estimate of drug-likeness (QED) is 0.628. The molecule has 0 fully saturated rings. The molecular weight excluding hydrogens is 290 g/mol. The summed E-state index contributed by atoms with van der Waals surface area (Å²) in [5, 5.41) is 8.85. The van der Waals surface area contributed by atoms with E-state index in [1.165, 1.54) is 12.0 Å². The zero-order valence-electron chi connectivity index (χ0n) is 9.96. The Kier molecular flexibility index (Phi) is 2.82. The lowest BCUT2D eigenvalue weighted by Gasteiger charge is -2.20. The minimum absolute atomic E-state index is 0.152. The van der Waals surface area contributed by atoms with Gasteiger partial charge >= 0.3 is 0 Å². The molecule has 1 aliphatic rings. The van der Waals surface area contributed by atoms with Gasteiger partial charge in [-0.3, -0.25) is 10.4 Å². The zero-order valence-corrected chi connectivity index (χ0v) is 11.5. The average Bonchev–Trinajstić information content (AvgIpc) is 2.36. The Morgan fingerprint density at radius 1 is 1.28 bits per heavy atom. The number of hydrogen-bond donors (Lipinski definition) is 2. The Hall–Kier alpha value is -1.42. The van der Waals surface area contributed by atoms with Crippen molar-refractivity contribution in [2.45, 2.75) is 25.7 Å². The van der Waals surface area contributed by atoms with E-state index in [0.29, 0.717) is 0 Å². The van der Waals surface area contributed by atoms with Crippen molar-refractivity contribution in [3.63, 3.8) is 0 Å². The van der Waals surface area contributed by atoms with Crippen LogP contribution in [0.3, 0.4) is 0 Å². The number of nitrogen functional groups attached to an aromatic ring is 1. The van der Waals surface area contributed by atoms with Crippen LogP contribution in [-0.2, 0) is 12.8 Å². The number of nitrogens with two attached hydrogens (primary N) is 1. The topological polar surface area (TPSA) is 62.8 Å². The van der Waals surface area contributed by atoms with Gasteiger partial charge in [0, 0.05) is 21.1 Å². The monoisotopic (exact) mass is 303 g/mol. The number of hydrogen-bond acceptors (Lipinski definition) is 2. The van der Waals surface area contributed by atoms with Crippen LogP contribution in [0.25, 0.3) is 10.9 Å². The summed E-state index contributed by atoms with van der Waals surface area (Å²) >= 11 is 3.53. The molecule has 0 unspecified atom stereocenters. The van der Waals surface area contributed by atoms with Gasteiger partial charge in [-0.15, -0.1) is 0 Å². The molecule has 0 atom stereocenters. The molecule has 0 amide bonds. The summed E-state index contributed by atoms with van der Waals surface area (Å²) in [5.41, 5.74) is 9.90. The lowest BCUT2D eigenvalue weighted by molar-refractivity contribution is 0.670. The maximum Gasteiger partial charge on any atom is 0.123 e. The van der Waals surface area contributed by atoms with E-state index in [2.05, 4.69) is 15.9 Å². The number of fused-ring (bicyclic) bond motifs is 2. The number of pyridine rings is 1. The van der Waals surface area contributed by atoms with E-state index < -0.39 is 0 Å². The van der Waals surface area contributed by atoms with Crippen LogP contribution in [0.1, 0.15) is 29.7 Å². The van der Waals surface area contributed by atoms with Crippen molar-refractivity contribution in [1.29, 1.82) is 5.41 Å². The van der Waals surface area contributed by atoms with E-state index in [0.717, 1.165) is 45.9 Å². The molecule has 1 aromatic carbocycles. The van der Waals surface area contributed by atoms with E-state index in [1.807, 2.05) is 18.2 Å². The van der Waals surface area contributed by atoms with Crippen LogP contribution >= 0.6 is 15.9 Å². The smallest absolute Gasteiger partial charge is 0.123 e. The van der Waals surface area contributed by atoms with Gasteiger partial charge < -0.3 is 5.73 Å². The zero-order chi connectivity index (χ0) is 12.7. The second kappa shape index (κ2) is 4.35. The van der Waals surface area contributed by atoms with E-state index in [1.54, 1.807) is 0 Å². The maximum atomic E-state index is 7.86. The SMILES string of the molecule is N=C(N)c1c2c(nc3c(Br)cccc13)CCCC2. The summed E-state index contributed by atoms with van der Waals surface area (Å²) < 4.78 is 0.968. The summed E-state index contributed by atoms with van der Waals surface area (Å²) in [4.78, 5) is 4.76. The van der Waals surface area contributed by atoms with Gasteiger partial charge in [0.1, 0.15) is 5.84 Å². The van der Waals surface area contributed by atoms with E-state index in [9.17, 15) is 0 Å². The summed E-state index contributed by atoms with van der Waals surface area (Å²) in [5.74, 6) is 0.152. The first kappa shape index (κ1) is 11.7. The van der Waals surface area contributed by atoms with Crippen molar-refractivity contribution in [2.24, 2.45) is 5.73 Å². The van der Waals surface area contributed by atoms with Gasteiger partial charge in [-0.05, 0) is 53.2 Å². The molecule has 3 rings (SSSR count). The molecule has 0 spiro atoms. The van der Waals surface area contributed by atoms with Crippen LogP contribution in [0.15, 0.2) is 22.7 Å². The number of nitrogens with one attached hydrogen (secondary N) is 1. The number of halogens is 1. The molecule has 0 aliphatic heterocycles. The molecule has 1 heterocycles.